The molecule has 0 spiro atoms. The molecule has 0 saturated heterocycles. The molecule has 1 aliphatic heterocycles. The number of hydrogen-bond acceptors (Lipinski definition) is 5. The Bertz CT molecular complexity index is 974. The maximum atomic E-state index is 13.4. The summed E-state index contributed by atoms with van der Waals surface area (Å²) in [5.41, 5.74) is 1.05. The SMILES string of the molecule is CC[C@H](C(=O)c1ccc(Cl)cc1)[C@H]1c2cc(Br)cc(Br)c2OC(=O)[C@H]1C(=O)OC. The highest BCUT2D eigenvalue weighted by Crippen LogP contribution is 2.48. The Balaban J connectivity index is 2.17. The van der Waals surface area contributed by atoms with E-state index >= 15 is 0 Å². The summed E-state index contributed by atoms with van der Waals surface area (Å²) in [6.07, 6.45) is 0.413. The predicted molar refractivity (Wildman–Crippen MR) is 115 cm³/mol. The van der Waals surface area contributed by atoms with Crippen LogP contribution in [-0.4, -0.2) is 24.8 Å². The van der Waals surface area contributed by atoms with Crippen molar-refractivity contribution in [2.75, 3.05) is 7.11 Å². The van der Waals surface area contributed by atoms with Gasteiger partial charge in [0, 0.05) is 32.5 Å². The first-order chi connectivity index (χ1) is 13.8. The van der Waals surface area contributed by atoms with E-state index in [1.54, 1.807) is 36.4 Å². The first-order valence-electron chi connectivity index (χ1n) is 8.86. The number of carbonyl (C=O) groups is 3. The first kappa shape index (κ1) is 22.0. The number of esters is 2. The van der Waals surface area contributed by atoms with Crippen LogP contribution < -0.4 is 4.74 Å². The van der Waals surface area contributed by atoms with Crippen molar-refractivity contribution in [3.63, 3.8) is 0 Å². The number of halogens is 3. The Hall–Kier alpha value is -1.70. The molecule has 8 heteroatoms. The van der Waals surface area contributed by atoms with Crippen molar-refractivity contribution in [1.82, 2.24) is 0 Å². The summed E-state index contributed by atoms with van der Waals surface area (Å²) < 4.78 is 11.6. The highest BCUT2D eigenvalue weighted by molar-refractivity contribution is 9.11. The number of rotatable bonds is 5. The van der Waals surface area contributed by atoms with Crippen molar-refractivity contribution in [3.8, 4) is 5.75 Å². The second-order valence-corrected chi connectivity index (χ2v) is 8.85. The summed E-state index contributed by atoms with van der Waals surface area (Å²) >= 11 is 12.8. The van der Waals surface area contributed by atoms with Crippen molar-refractivity contribution >= 4 is 61.2 Å². The fourth-order valence-electron chi connectivity index (χ4n) is 3.68. The average molecular weight is 545 g/mol. The minimum Gasteiger partial charge on any atom is -0.468 e. The lowest BCUT2D eigenvalue weighted by Crippen LogP contribution is -2.42. The molecule has 5 nitrogen and oxygen atoms in total. The molecule has 29 heavy (non-hydrogen) atoms. The van der Waals surface area contributed by atoms with Crippen LogP contribution in [-0.2, 0) is 14.3 Å². The second kappa shape index (κ2) is 8.98. The van der Waals surface area contributed by atoms with Crippen molar-refractivity contribution in [2.45, 2.75) is 19.3 Å². The first-order valence-corrected chi connectivity index (χ1v) is 10.8. The third-order valence-corrected chi connectivity index (χ3v) is 6.30. The highest BCUT2D eigenvalue weighted by Gasteiger charge is 2.49. The van der Waals surface area contributed by atoms with Gasteiger partial charge in [-0.05, 0) is 58.7 Å². The molecule has 2 aromatic carbocycles. The van der Waals surface area contributed by atoms with Gasteiger partial charge in [0.2, 0.25) is 0 Å². The van der Waals surface area contributed by atoms with Gasteiger partial charge >= 0.3 is 11.9 Å². The van der Waals surface area contributed by atoms with Crippen LogP contribution in [0, 0.1) is 11.8 Å². The molecule has 0 aliphatic carbocycles. The van der Waals surface area contributed by atoms with Crippen LogP contribution in [0.1, 0.15) is 35.2 Å². The zero-order chi connectivity index (χ0) is 21.3. The number of hydrogen-bond donors (Lipinski definition) is 0. The number of Topliss-reactive ketones (excluding diaryl/α,β-unsaturated/α-hetero) is 1. The lowest BCUT2D eigenvalue weighted by Gasteiger charge is -2.35. The molecule has 152 valence electrons. The van der Waals surface area contributed by atoms with Gasteiger partial charge in [0.25, 0.3) is 0 Å². The molecule has 0 radical (unpaired) electrons. The van der Waals surface area contributed by atoms with Gasteiger partial charge in [-0.3, -0.25) is 14.4 Å². The van der Waals surface area contributed by atoms with Gasteiger partial charge in [0.1, 0.15) is 5.75 Å². The van der Waals surface area contributed by atoms with Gasteiger partial charge in [-0.15, -0.1) is 0 Å². The maximum absolute atomic E-state index is 13.4. The molecular weight excluding hydrogens is 527 g/mol. The molecule has 0 aromatic heterocycles. The molecule has 0 amide bonds. The molecule has 3 atom stereocenters. The molecular formula is C21H17Br2ClO5. The number of fused-ring (bicyclic) bond motifs is 1. The summed E-state index contributed by atoms with van der Waals surface area (Å²) in [6, 6.07) is 10.1. The van der Waals surface area contributed by atoms with E-state index in [4.69, 9.17) is 21.1 Å². The summed E-state index contributed by atoms with van der Waals surface area (Å²) in [7, 11) is 1.21. The van der Waals surface area contributed by atoms with E-state index in [0.29, 0.717) is 32.8 Å². The van der Waals surface area contributed by atoms with Crippen LogP contribution in [0.15, 0.2) is 45.3 Å². The normalized spacial score (nSPS) is 19.1. The molecule has 0 N–H and O–H groups in total. The number of benzene rings is 2. The lowest BCUT2D eigenvalue weighted by atomic mass is 9.71. The zero-order valence-corrected chi connectivity index (χ0v) is 19.5. The quantitative estimate of drug-likeness (QED) is 0.213. The van der Waals surface area contributed by atoms with Gasteiger partial charge < -0.3 is 9.47 Å². The standard InChI is InChI=1S/C21H17Br2ClO5/c1-3-13(18(25)10-4-6-12(24)7-5-10)16-14-8-11(22)9-15(23)19(14)29-21(27)17(16)20(26)28-2/h4-9,13,16-17H,3H2,1-2H3/t13-,16-,17+/m0/s1. The van der Waals surface area contributed by atoms with Gasteiger partial charge in [0.15, 0.2) is 11.7 Å². The summed E-state index contributed by atoms with van der Waals surface area (Å²) in [5.74, 6) is -3.96. The lowest BCUT2D eigenvalue weighted by molar-refractivity contribution is -0.158. The molecule has 2 aromatic rings. The number of carbonyl (C=O) groups excluding carboxylic acids is 3. The Morgan fingerprint density at radius 3 is 2.45 bits per heavy atom. The highest BCUT2D eigenvalue weighted by atomic mass is 79.9. The third kappa shape index (κ3) is 4.27. The minimum absolute atomic E-state index is 0.181. The van der Waals surface area contributed by atoms with Crippen LogP contribution in [0.3, 0.4) is 0 Å². The molecule has 1 heterocycles. The third-order valence-electron chi connectivity index (χ3n) is 5.01. The van der Waals surface area contributed by atoms with Crippen molar-refractivity contribution in [3.05, 3.63) is 61.5 Å². The Kier molecular flexibility index (Phi) is 6.81. The number of ether oxygens (including phenoxy) is 2. The van der Waals surface area contributed by atoms with Gasteiger partial charge in [-0.1, -0.05) is 34.5 Å². The second-order valence-electron chi connectivity index (χ2n) is 6.64. The Labute approximate surface area is 190 Å². The monoisotopic (exact) mass is 542 g/mol. The van der Waals surface area contributed by atoms with Crippen molar-refractivity contribution in [2.24, 2.45) is 11.8 Å². The minimum atomic E-state index is -1.24. The molecule has 3 rings (SSSR count). The van der Waals surface area contributed by atoms with E-state index in [0.717, 1.165) is 4.47 Å². The van der Waals surface area contributed by atoms with Crippen LogP contribution in [0.5, 0.6) is 5.75 Å². The van der Waals surface area contributed by atoms with E-state index in [1.807, 2.05) is 6.92 Å². The molecule has 0 saturated carbocycles. The van der Waals surface area contributed by atoms with Gasteiger partial charge in [0.05, 0.1) is 11.6 Å². The fraction of sp³-hybridized carbons (Fsp3) is 0.286. The topological polar surface area (TPSA) is 69.7 Å². The van der Waals surface area contributed by atoms with Crippen molar-refractivity contribution < 1.29 is 23.9 Å². The van der Waals surface area contributed by atoms with Crippen LogP contribution in [0.2, 0.25) is 5.02 Å². The van der Waals surface area contributed by atoms with E-state index < -0.39 is 29.7 Å². The number of methoxy groups -OCH3 is 1. The van der Waals surface area contributed by atoms with Gasteiger partial charge in [-0.25, -0.2) is 0 Å². The van der Waals surface area contributed by atoms with Crippen molar-refractivity contribution in [1.29, 1.82) is 0 Å². The summed E-state index contributed by atoms with van der Waals surface area (Å²) in [5, 5.41) is 0.515. The predicted octanol–water partition coefficient (Wildman–Crippen LogP) is 5.57. The molecule has 0 bridgehead atoms. The summed E-state index contributed by atoms with van der Waals surface area (Å²) in [6.45, 7) is 1.85. The van der Waals surface area contributed by atoms with E-state index in [9.17, 15) is 14.4 Å². The summed E-state index contributed by atoms with van der Waals surface area (Å²) in [4.78, 5) is 38.6. The van der Waals surface area contributed by atoms with Gasteiger partial charge in [-0.2, -0.15) is 0 Å². The molecule has 1 aliphatic rings. The number of ketones is 1. The Morgan fingerprint density at radius 1 is 1.21 bits per heavy atom. The molecule has 0 unspecified atom stereocenters. The van der Waals surface area contributed by atoms with E-state index in [2.05, 4.69) is 31.9 Å². The van der Waals surface area contributed by atoms with Crippen LogP contribution in [0.4, 0.5) is 0 Å². The van der Waals surface area contributed by atoms with Crippen LogP contribution >= 0.6 is 43.5 Å². The Morgan fingerprint density at radius 2 is 1.86 bits per heavy atom. The average Bonchev–Trinajstić information content (AvgIpc) is 2.69. The zero-order valence-electron chi connectivity index (χ0n) is 15.6. The van der Waals surface area contributed by atoms with E-state index in [1.165, 1.54) is 7.11 Å². The maximum Gasteiger partial charge on any atom is 0.326 e. The van der Waals surface area contributed by atoms with Crippen LogP contribution in [0.25, 0.3) is 0 Å². The smallest absolute Gasteiger partial charge is 0.326 e. The largest absolute Gasteiger partial charge is 0.468 e. The van der Waals surface area contributed by atoms with E-state index in [-0.39, 0.29) is 5.78 Å². The molecule has 0 fully saturated rings. The fourth-order valence-corrected chi connectivity index (χ4v) is 5.14.